The molecule has 0 saturated heterocycles. The number of anilines is 3. The highest BCUT2D eigenvalue weighted by Gasteiger charge is 2.06. The van der Waals surface area contributed by atoms with E-state index in [0.29, 0.717) is 6.42 Å². The summed E-state index contributed by atoms with van der Waals surface area (Å²) in [7, 11) is 1.62. The molecule has 0 saturated carbocycles. The van der Waals surface area contributed by atoms with E-state index in [9.17, 15) is 4.79 Å². The number of benzene rings is 3. The Morgan fingerprint density at radius 1 is 0.897 bits per heavy atom. The summed E-state index contributed by atoms with van der Waals surface area (Å²) in [6.07, 6.45) is 2.10. The van der Waals surface area contributed by atoms with Crippen molar-refractivity contribution in [1.82, 2.24) is 4.98 Å². The SMILES string of the molecule is COc1ccc(CC(=O)Nc2ccc(Nc3cccc4cccnc34)cc2)cc1. The van der Waals surface area contributed by atoms with Crippen molar-refractivity contribution >= 4 is 33.9 Å². The molecule has 0 radical (unpaired) electrons. The summed E-state index contributed by atoms with van der Waals surface area (Å²) in [5.74, 6) is 0.716. The summed E-state index contributed by atoms with van der Waals surface area (Å²) < 4.78 is 5.14. The Morgan fingerprint density at radius 3 is 2.38 bits per heavy atom. The third-order valence-corrected chi connectivity index (χ3v) is 4.60. The molecule has 0 spiro atoms. The minimum atomic E-state index is -0.0610. The van der Waals surface area contributed by atoms with Crippen LogP contribution in [0.4, 0.5) is 17.1 Å². The quantitative estimate of drug-likeness (QED) is 0.482. The van der Waals surface area contributed by atoms with E-state index in [0.717, 1.165) is 39.3 Å². The molecule has 5 heteroatoms. The molecule has 4 rings (SSSR count). The monoisotopic (exact) mass is 383 g/mol. The summed E-state index contributed by atoms with van der Waals surface area (Å²) in [5.41, 5.74) is 4.48. The second-order valence-corrected chi connectivity index (χ2v) is 6.66. The van der Waals surface area contributed by atoms with Gasteiger partial charge in [-0.25, -0.2) is 0 Å². The highest BCUT2D eigenvalue weighted by Crippen LogP contribution is 2.25. The van der Waals surface area contributed by atoms with Crippen LogP contribution in [0.3, 0.4) is 0 Å². The average molecular weight is 383 g/mol. The molecule has 1 heterocycles. The average Bonchev–Trinajstić information content (AvgIpc) is 2.76. The molecule has 4 aromatic rings. The predicted molar refractivity (Wildman–Crippen MR) is 117 cm³/mol. The summed E-state index contributed by atoms with van der Waals surface area (Å²) in [4.78, 5) is 16.8. The number of methoxy groups -OCH3 is 1. The van der Waals surface area contributed by atoms with E-state index in [1.54, 1.807) is 13.3 Å². The maximum Gasteiger partial charge on any atom is 0.228 e. The maximum absolute atomic E-state index is 12.3. The third-order valence-electron chi connectivity index (χ3n) is 4.60. The van der Waals surface area contributed by atoms with Gasteiger partial charge in [-0.1, -0.05) is 30.3 Å². The molecule has 29 heavy (non-hydrogen) atoms. The van der Waals surface area contributed by atoms with Crippen LogP contribution < -0.4 is 15.4 Å². The lowest BCUT2D eigenvalue weighted by Crippen LogP contribution is -2.14. The van der Waals surface area contributed by atoms with E-state index < -0.39 is 0 Å². The van der Waals surface area contributed by atoms with Crippen molar-refractivity contribution in [3.63, 3.8) is 0 Å². The van der Waals surface area contributed by atoms with E-state index in [4.69, 9.17) is 4.74 Å². The first-order chi connectivity index (χ1) is 14.2. The Hall–Kier alpha value is -3.86. The Balaban J connectivity index is 1.40. The molecule has 5 nitrogen and oxygen atoms in total. The smallest absolute Gasteiger partial charge is 0.228 e. The number of fused-ring (bicyclic) bond motifs is 1. The van der Waals surface area contributed by atoms with Crippen LogP contribution in [-0.4, -0.2) is 18.0 Å². The maximum atomic E-state index is 12.3. The van der Waals surface area contributed by atoms with Gasteiger partial charge in [0, 0.05) is 23.0 Å². The number of pyridine rings is 1. The summed E-state index contributed by atoms with van der Waals surface area (Å²) in [5, 5.41) is 7.40. The second kappa shape index (κ2) is 8.44. The van der Waals surface area contributed by atoms with Gasteiger partial charge in [-0.3, -0.25) is 9.78 Å². The minimum Gasteiger partial charge on any atom is -0.497 e. The normalized spacial score (nSPS) is 10.5. The number of hydrogen-bond acceptors (Lipinski definition) is 4. The molecule has 1 amide bonds. The zero-order valence-corrected chi connectivity index (χ0v) is 16.1. The Bertz CT molecular complexity index is 1120. The molecular weight excluding hydrogens is 362 g/mol. The summed E-state index contributed by atoms with van der Waals surface area (Å²) in [6, 6.07) is 25.1. The van der Waals surface area contributed by atoms with Crippen LogP contribution >= 0.6 is 0 Å². The van der Waals surface area contributed by atoms with Gasteiger partial charge in [0.1, 0.15) is 5.75 Å². The van der Waals surface area contributed by atoms with Crippen molar-refractivity contribution in [1.29, 1.82) is 0 Å². The Kier molecular flexibility index (Phi) is 5.38. The van der Waals surface area contributed by atoms with Crippen molar-refractivity contribution < 1.29 is 9.53 Å². The van der Waals surface area contributed by atoms with Crippen LogP contribution in [0.2, 0.25) is 0 Å². The van der Waals surface area contributed by atoms with Gasteiger partial charge in [0.25, 0.3) is 0 Å². The largest absolute Gasteiger partial charge is 0.497 e. The summed E-state index contributed by atoms with van der Waals surface area (Å²) in [6.45, 7) is 0. The van der Waals surface area contributed by atoms with Crippen molar-refractivity contribution in [3.05, 3.63) is 90.6 Å². The number of ether oxygens (including phenoxy) is 1. The molecule has 0 aliphatic rings. The second-order valence-electron chi connectivity index (χ2n) is 6.66. The zero-order chi connectivity index (χ0) is 20.1. The topological polar surface area (TPSA) is 63.2 Å². The highest BCUT2D eigenvalue weighted by molar-refractivity contribution is 5.93. The number of carbonyl (C=O) groups is 1. The van der Waals surface area contributed by atoms with Crippen LogP contribution in [0.1, 0.15) is 5.56 Å². The van der Waals surface area contributed by atoms with Crippen molar-refractivity contribution in [2.75, 3.05) is 17.7 Å². The van der Waals surface area contributed by atoms with E-state index >= 15 is 0 Å². The van der Waals surface area contributed by atoms with Gasteiger partial charge in [-0.05, 0) is 54.1 Å². The fourth-order valence-electron chi connectivity index (χ4n) is 3.13. The lowest BCUT2D eigenvalue weighted by atomic mass is 10.1. The van der Waals surface area contributed by atoms with Gasteiger partial charge in [-0.15, -0.1) is 0 Å². The van der Waals surface area contributed by atoms with Crippen molar-refractivity contribution in [2.45, 2.75) is 6.42 Å². The molecule has 2 N–H and O–H groups in total. The predicted octanol–water partition coefficient (Wildman–Crippen LogP) is 5.17. The fourth-order valence-corrected chi connectivity index (χ4v) is 3.13. The van der Waals surface area contributed by atoms with Crippen LogP contribution in [0, 0.1) is 0 Å². The molecule has 1 aromatic heterocycles. The number of aromatic nitrogens is 1. The molecule has 0 atom stereocenters. The lowest BCUT2D eigenvalue weighted by Gasteiger charge is -2.10. The van der Waals surface area contributed by atoms with Gasteiger partial charge in [0.05, 0.1) is 24.7 Å². The Labute approximate surface area is 169 Å². The highest BCUT2D eigenvalue weighted by atomic mass is 16.5. The number of rotatable bonds is 6. The molecule has 0 bridgehead atoms. The van der Waals surface area contributed by atoms with Crippen molar-refractivity contribution in [2.24, 2.45) is 0 Å². The number of nitrogens with one attached hydrogen (secondary N) is 2. The van der Waals surface area contributed by atoms with Gasteiger partial charge >= 0.3 is 0 Å². The molecule has 0 aliphatic heterocycles. The van der Waals surface area contributed by atoms with E-state index in [1.807, 2.05) is 78.9 Å². The summed E-state index contributed by atoms with van der Waals surface area (Å²) >= 11 is 0. The first-order valence-corrected chi connectivity index (χ1v) is 9.35. The van der Waals surface area contributed by atoms with Crippen LogP contribution in [0.5, 0.6) is 5.75 Å². The van der Waals surface area contributed by atoms with Crippen LogP contribution in [-0.2, 0) is 11.2 Å². The fraction of sp³-hybridized carbons (Fsp3) is 0.0833. The standard InChI is InChI=1S/C24H21N3O2/c1-29-21-13-7-17(8-14-21)16-23(28)27-20-11-9-19(10-12-20)26-22-6-2-4-18-5-3-15-25-24(18)22/h2-15,26H,16H2,1H3,(H,27,28). The van der Waals surface area contributed by atoms with Crippen LogP contribution in [0.15, 0.2) is 85.1 Å². The lowest BCUT2D eigenvalue weighted by molar-refractivity contribution is -0.115. The minimum absolute atomic E-state index is 0.0610. The van der Waals surface area contributed by atoms with Gasteiger partial charge in [0.15, 0.2) is 0 Å². The van der Waals surface area contributed by atoms with Crippen molar-refractivity contribution in [3.8, 4) is 5.75 Å². The number of hydrogen-bond donors (Lipinski definition) is 2. The molecule has 0 fully saturated rings. The van der Waals surface area contributed by atoms with E-state index in [2.05, 4.69) is 15.6 Å². The molecule has 0 unspecified atom stereocenters. The molecule has 0 aliphatic carbocycles. The number of para-hydroxylation sites is 1. The molecular formula is C24H21N3O2. The number of carbonyl (C=O) groups excluding carboxylic acids is 1. The van der Waals surface area contributed by atoms with Crippen LogP contribution in [0.25, 0.3) is 10.9 Å². The van der Waals surface area contributed by atoms with E-state index in [-0.39, 0.29) is 5.91 Å². The van der Waals surface area contributed by atoms with Gasteiger partial charge < -0.3 is 15.4 Å². The van der Waals surface area contributed by atoms with Gasteiger partial charge in [-0.2, -0.15) is 0 Å². The first-order valence-electron chi connectivity index (χ1n) is 9.35. The zero-order valence-electron chi connectivity index (χ0n) is 16.1. The van der Waals surface area contributed by atoms with Gasteiger partial charge in [0.2, 0.25) is 5.91 Å². The third kappa shape index (κ3) is 4.52. The molecule has 144 valence electrons. The Morgan fingerprint density at radius 2 is 1.62 bits per heavy atom. The number of nitrogens with zero attached hydrogens (tertiary/aromatic N) is 1. The first kappa shape index (κ1) is 18.5. The number of amides is 1. The van der Waals surface area contributed by atoms with E-state index in [1.165, 1.54) is 0 Å². The molecule has 3 aromatic carbocycles.